The van der Waals surface area contributed by atoms with Crippen molar-refractivity contribution < 1.29 is 49.0 Å². The molecule has 194 valence electrons. The second-order valence-electron chi connectivity index (χ2n) is 10.1. The van der Waals surface area contributed by atoms with Gasteiger partial charge in [0.25, 0.3) is 0 Å². The van der Waals surface area contributed by atoms with Crippen LogP contribution in [0.1, 0.15) is 56.9 Å². The van der Waals surface area contributed by atoms with Crippen LogP contribution in [0.2, 0.25) is 0 Å². The second-order valence-corrected chi connectivity index (χ2v) is 10.1. The summed E-state index contributed by atoms with van der Waals surface area (Å²) in [6.07, 6.45) is 2.05. The molecule has 0 radical (unpaired) electrons. The molecule has 0 saturated heterocycles. The summed E-state index contributed by atoms with van der Waals surface area (Å²) in [6, 6.07) is 25.2. The van der Waals surface area contributed by atoms with E-state index >= 15 is 0 Å². The number of carboxylic acids is 1. The number of anilines is 1. The van der Waals surface area contributed by atoms with Gasteiger partial charge in [0.2, 0.25) is 0 Å². The van der Waals surface area contributed by atoms with Crippen LogP contribution < -0.4 is 40.0 Å². The van der Waals surface area contributed by atoms with Gasteiger partial charge in [0.05, 0.1) is 12.2 Å². The molecule has 1 heterocycles. The predicted octanol–water partition coefficient (Wildman–Crippen LogP) is 2.89. The number of aliphatic carboxylic acids is 1. The number of ether oxygens (including phenoxy) is 1. The Hall–Kier alpha value is -3.39. The average molecular weight is 532 g/mol. The van der Waals surface area contributed by atoms with Gasteiger partial charge in [-0.2, -0.15) is 5.10 Å². The van der Waals surface area contributed by atoms with Crippen LogP contribution in [-0.2, 0) is 14.9 Å². The van der Waals surface area contributed by atoms with Crippen molar-refractivity contribution in [2.45, 2.75) is 51.2 Å². The molecule has 0 unspecified atom stereocenters. The van der Waals surface area contributed by atoms with Gasteiger partial charge in [-0.15, -0.1) is 0 Å². The maximum atomic E-state index is 12.8. The predicted molar refractivity (Wildman–Crippen MR) is 144 cm³/mol. The quantitative estimate of drug-likeness (QED) is 0.353. The van der Waals surface area contributed by atoms with E-state index in [-0.39, 0.29) is 35.6 Å². The van der Waals surface area contributed by atoms with E-state index in [0.717, 1.165) is 33.4 Å². The maximum absolute atomic E-state index is 12.8. The largest absolute Gasteiger partial charge is 1.00 e. The van der Waals surface area contributed by atoms with E-state index in [1.165, 1.54) is 0 Å². The number of rotatable bonds is 8. The van der Waals surface area contributed by atoms with Crippen molar-refractivity contribution in [3.05, 3.63) is 96.2 Å². The molecule has 1 aliphatic carbocycles. The molecule has 7 nitrogen and oxygen atoms in total. The number of amides is 1. The third kappa shape index (κ3) is 5.96. The number of carbonyl (C=O) groups excluding carboxylic acids is 2. The monoisotopic (exact) mass is 531 g/mol. The Morgan fingerprint density at radius 2 is 1.46 bits per heavy atom. The number of nitrogens with one attached hydrogen (secondary N) is 1. The first-order valence-corrected chi connectivity index (χ1v) is 12.8. The molecular formula is C31H30N3NaO4. The van der Waals surface area contributed by atoms with Crippen LogP contribution in [0.15, 0.2) is 85.1 Å². The zero-order chi connectivity index (χ0) is 26.9. The molecule has 39 heavy (non-hydrogen) atoms. The number of nitrogens with zero attached hydrogens (tertiary/aromatic N) is 2. The van der Waals surface area contributed by atoms with Crippen LogP contribution in [0, 0.1) is 0 Å². The SMILES string of the molecule is CC(C)n1ncc(-c2ccc(-c3ccc(C4(C(=O)[O-])CC4)cc3)cc2)c1NC(=O)O[C@H](C)c1ccccc1.[Na+]. The molecule has 1 saturated carbocycles. The van der Waals surface area contributed by atoms with Crippen LogP contribution in [0.3, 0.4) is 0 Å². The number of aromatic nitrogens is 2. The van der Waals surface area contributed by atoms with Gasteiger partial charge >= 0.3 is 35.7 Å². The Kier molecular flexibility index (Phi) is 8.64. The van der Waals surface area contributed by atoms with Gasteiger partial charge in [0.15, 0.2) is 0 Å². The van der Waals surface area contributed by atoms with Crippen molar-refractivity contribution in [2.75, 3.05) is 5.32 Å². The molecule has 1 aromatic heterocycles. The Morgan fingerprint density at radius 3 is 2.00 bits per heavy atom. The molecule has 3 aromatic carbocycles. The Labute approximate surface area is 250 Å². The molecule has 1 N–H and O–H groups in total. The molecule has 0 aliphatic heterocycles. The van der Waals surface area contributed by atoms with E-state index in [0.29, 0.717) is 18.7 Å². The fourth-order valence-electron chi connectivity index (χ4n) is 4.73. The summed E-state index contributed by atoms with van der Waals surface area (Å²) in [6.45, 7) is 5.83. The Balaban J connectivity index is 0.00000353. The summed E-state index contributed by atoms with van der Waals surface area (Å²) in [5.74, 6) is -0.432. The molecule has 4 aromatic rings. The number of hydrogen-bond donors (Lipinski definition) is 1. The summed E-state index contributed by atoms with van der Waals surface area (Å²) in [5.41, 5.74) is 4.57. The first kappa shape index (κ1) is 28.6. The maximum Gasteiger partial charge on any atom is 1.00 e. The molecule has 5 rings (SSSR count). The van der Waals surface area contributed by atoms with Crippen LogP contribution >= 0.6 is 0 Å². The summed E-state index contributed by atoms with van der Waals surface area (Å²) in [5, 5.41) is 18.9. The third-order valence-corrected chi connectivity index (χ3v) is 7.17. The average Bonchev–Trinajstić information content (AvgIpc) is 3.64. The van der Waals surface area contributed by atoms with Crippen LogP contribution in [-0.4, -0.2) is 21.8 Å². The molecule has 1 atom stereocenters. The van der Waals surface area contributed by atoms with Crippen molar-refractivity contribution in [3.63, 3.8) is 0 Å². The molecular weight excluding hydrogens is 501 g/mol. The standard InChI is InChI=1S/C31H31N3O4.Na/c1-20(2)34-28(33-30(37)38-21(3)22-7-5-4-6-8-22)27(19-32-34)25-11-9-23(10-12-25)24-13-15-26(16-14-24)31(17-18-31)29(35)36;/h4-16,19-21H,17-18H2,1-3H3,(H,33,37)(H,35,36);/q;+1/p-1/t21-;/m1./s1. The van der Waals surface area contributed by atoms with Crippen molar-refractivity contribution in [1.82, 2.24) is 9.78 Å². The smallest absolute Gasteiger partial charge is 0.549 e. The summed E-state index contributed by atoms with van der Waals surface area (Å²) in [7, 11) is 0. The fraction of sp³-hybridized carbons (Fsp3) is 0.258. The molecule has 1 amide bonds. The van der Waals surface area contributed by atoms with Gasteiger partial charge in [-0.05, 0) is 61.4 Å². The van der Waals surface area contributed by atoms with Gasteiger partial charge < -0.3 is 14.6 Å². The van der Waals surface area contributed by atoms with Crippen molar-refractivity contribution in [3.8, 4) is 22.3 Å². The van der Waals surface area contributed by atoms with Gasteiger partial charge in [-0.25, -0.2) is 9.48 Å². The van der Waals surface area contributed by atoms with Gasteiger partial charge in [-0.3, -0.25) is 5.32 Å². The fourth-order valence-corrected chi connectivity index (χ4v) is 4.73. The van der Waals surface area contributed by atoms with E-state index in [1.807, 2.05) is 99.6 Å². The summed E-state index contributed by atoms with van der Waals surface area (Å²) < 4.78 is 7.40. The van der Waals surface area contributed by atoms with Gasteiger partial charge in [-0.1, -0.05) is 78.9 Å². The zero-order valence-corrected chi connectivity index (χ0v) is 24.7. The van der Waals surface area contributed by atoms with E-state index in [4.69, 9.17) is 4.74 Å². The Morgan fingerprint density at radius 1 is 0.897 bits per heavy atom. The zero-order valence-electron chi connectivity index (χ0n) is 22.7. The number of carbonyl (C=O) groups is 2. The summed E-state index contributed by atoms with van der Waals surface area (Å²) in [4.78, 5) is 24.3. The van der Waals surface area contributed by atoms with Crippen LogP contribution in [0.5, 0.6) is 0 Å². The van der Waals surface area contributed by atoms with Crippen molar-refractivity contribution in [1.29, 1.82) is 0 Å². The molecule has 8 heteroatoms. The minimum Gasteiger partial charge on any atom is -0.549 e. The van der Waals surface area contributed by atoms with Crippen LogP contribution in [0.4, 0.5) is 10.6 Å². The van der Waals surface area contributed by atoms with Gasteiger partial charge in [0.1, 0.15) is 11.9 Å². The van der Waals surface area contributed by atoms with E-state index in [2.05, 4.69) is 10.4 Å². The van der Waals surface area contributed by atoms with E-state index in [1.54, 1.807) is 10.9 Å². The van der Waals surface area contributed by atoms with Crippen molar-refractivity contribution in [2.24, 2.45) is 0 Å². The number of carboxylic acid groups (broad SMARTS) is 1. The third-order valence-electron chi connectivity index (χ3n) is 7.17. The van der Waals surface area contributed by atoms with Gasteiger partial charge in [0, 0.05) is 17.0 Å². The minimum absolute atomic E-state index is 0. The molecule has 1 aliphatic rings. The topological polar surface area (TPSA) is 96.3 Å². The molecule has 0 bridgehead atoms. The number of hydrogen-bond acceptors (Lipinski definition) is 5. The summed E-state index contributed by atoms with van der Waals surface area (Å²) >= 11 is 0. The Bertz CT molecular complexity index is 1440. The molecule has 0 spiro atoms. The first-order chi connectivity index (χ1) is 18.3. The van der Waals surface area contributed by atoms with E-state index < -0.39 is 23.6 Å². The number of benzene rings is 3. The van der Waals surface area contributed by atoms with Crippen LogP contribution in [0.25, 0.3) is 22.3 Å². The van der Waals surface area contributed by atoms with E-state index in [9.17, 15) is 14.7 Å². The molecule has 1 fully saturated rings. The normalized spacial score (nSPS) is 14.3. The second kappa shape index (κ2) is 11.8. The minimum atomic E-state index is -1.00. The van der Waals surface area contributed by atoms with Crippen molar-refractivity contribution >= 4 is 17.9 Å². The first-order valence-electron chi connectivity index (χ1n) is 12.8.